The molecule has 0 radical (unpaired) electrons. The first-order valence-corrected chi connectivity index (χ1v) is 4.55. The summed E-state index contributed by atoms with van der Waals surface area (Å²) in [6.45, 7) is 0. The van der Waals surface area contributed by atoms with Crippen molar-refractivity contribution in [3.63, 3.8) is 0 Å². The maximum Gasteiger partial charge on any atom is 0.167 e. The minimum Gasteiger partial charge on any atom is -0.511 e. The van der Waals surface area contributed by atoms with Crippen LogP contribution in [0.2, 0.25) is 0 Å². The quantitative estimate of drug-likeness (QED) is 0.692. The van der Waals surface area contributed by atoms with Crippen LogP contribution in [0.15, 0.2) is 35.8 Å². The van der Waals surface area contributed by atoms with E-state index < -0.39 is 11.8 Å². The number of allylic oxidation sites excluding steroid dienone is 6. The molecule has 0 aromatic heterocycles. The molecule has 78 valence electrons. The summed E-state index contributed by atoms with van der Waals surface area (Å²) >= 11 is 0. The highest BCUT2D eigenvalue weighted by molar-refractivity contribution is 6.09. The van der Waals surface area contributed by atoms with E-state index in [-0.39, 0.29) is 17.3 Å². The maximum absolute atomic E-state index is 11.6. The average molecular weight is 206 g/mol. The first kappa shape index (κ1) is 9.71. The molecule has 0 saturated carbocycles. The number of ether oxygens (including phenoxy) is 1. The van der Waals surface area contributed by atoms with Crippen molar-refractivity contribution in [3.05, 3.63) is 35.8 Å². The predicted molar refractivity (Wildman–Crippen MR) is 51.9 cm³/mol. The number of aliphatic hydroxyl groups excluding tert-OH is 1. The molecule has 0 heterocycles. The van der Waals surface area contributed by atoms with Crippen molar-refractivity contribution < 1.29 is 19.4 Å². The second-order valence-electron chi connectivity index (χ2n) is 3.46. The monoisotopic (exact) mass is 206 g/mol. The van der Waals surface area contributed by atoms with Crippen molar-refractivity contribution in [3.8, 4) is 0 Å². The Morgan fingerprint density at radius 2 is 1.73 bits per heavy atom. The van der Waals surface area contributed by atoms with Gasteiger partial charge in [-0.2, -0.15) is 0 Å². The summed E-state index contributed by atoms with van der Waals surface area (Å²) in [5.74, 6) is -1.65. The largest absolute Gasteiger partial charge is 0.511 e. The Morgan fingerprint density at radius 3 is 2.33 bits per heavy atom. The molecule has 0 saturated heterocycles. The van der Waals surface area contributed by atoms with E-state index in [0.717, 1.165) is 0 Å². The van der Waals surface area contributed by atoms with E-state index >= 15 is 0 Å². The molecule has 0 amide bonds. The number of hydrogen-bond acceptors (Lipinski definition) is 4. The number of aliphatic hydroxyl groups is 1. The second-order valence-corrected chi connectivity index (χ2v) is 3.46. The van der Waals surface area contributed by atoms with Gasteiger partial charge in [0.25, 0.3) is 0 Å². The van der Waals surface area contributed by atoms with Gasteiger partial charge in [-0.15, -0.1) is 0 Å². The molecule has 0 aromatic carbocycles. The lowest BCUT2D eigenvalue weighted by Crippen LogP contribution is -2.36. The maximum atomic E-state index is 11.6. The Kier molecular flexibility index (Phi) is 2.19. The fourth-order valence-corrected chi connectivity index (χ4v) is 1.89. The topological polar surface area (TPSA) is 63.6 Å². The molecule has 0 aliphatic heterocycles. The van der Waals surface area contributed by atoms with Crippen molar-refractivity contribution >= 4 is 11.6 Å². The van der Waals surface area contributed by atoms with Crippen LogP contribution >= 0.6 is 0 Å². The lowest BCUT2D eigenvalue weighted by atomic mass is 9.76. The summed E-state index contributed by atoms with van der Waals surface area (Å²) in [7, 11) is 1.44. The van der Waals surface area contributed by atoms with Crippen molar-refractivity contribution in [1.29, 1.82) is 0 Å². The molecule has 2 aliphatic carbocycles. The zero-order valence-corrected chi connectivity index (χ0v) is 8.14. The van der Waals surface area contributed by atoms with Crippen molar-refractivity contribution in [2.75, 3.05) is 7.11 Å². The molecule has 2 unspecified atom stereocenters. The second kappa shape index (κ2) is 3.38. The van der Waals surface area contributed by atoms with E-state index in [1.54, 1.807) is 0 Å². The summed E-state index contributed by atoms with van der Waals surface area (Å²) in [5, 5.41) is 9.56. The van der Waals surface area contributed by atoms with Crippen LogP contribution in [0.1, 0.15) is 0 Å². The molecular formula is C11H10O4. The normalized spacial score (nSPS) is 29.4. The Bertz CT molecular complexity index is 414. The van der Waals surface area contributed by atoms with E-state index in [2.05, 4.69) is 0 Å². The first-order valence-electron chi connectivity index (χ1n) is 4.55. The number of rotatable bonds is 1. The van der Waals surface area contributed by atoms with Gasteiger partial charge in [-0.3, -0.25) is 9.59 Å². The first-order chi connectivity index (χ1) is 7.15. The van der Waals surface area contributed by atoms with Gasteiger partial charge in [0.05, 0.1) is 18.9 Å². The molecule has 4 nitrogen and oxygen atoms in total. The van der Waals surface area contributed by atoms with E-state index in [9.17, 15) is 14.7 Å². The highest BCUT2D eigenvalue weighted by Crippen LogP contribution is 2.34. The van der Waals surface area contributed by atoms with Gasteiger partial charge in [-0.1, -0.05) is 0 Å². The molecule has 2 atom stereocenters. The van der Waals surface area contributed by atoms with Gasteiger partial charge in [0, 0.05) is 0 Å². The number of fused-ring (bicyclic) bond motifs is 1. The summed E-state index contributed by atoms with van der Waals surface area (Å²) in [5.41, 5.74) is 0. The fourth-order valence-electron chi connectivity index (χ4n) is 1.89. The molecule has 0 spiro atoms. The van der Waals surface area contributed by atoms with E-state index in [0.29, 0.717) is 5.76 Å². The standard InChI is InChI=1S/C11H10O4/c1-15-9-5-4-7(13)10-6(12)2-3-8(14)11(9)10/h2-5,10-11,13H,1H3. The fraction of sp³-hybridized carbons (Fsp3) is 0.273. The van der Waals surface area contributed by atoms with Crippen LogP contribution in [0.25, 0.3) is 0 Å². The third kappa shape index (κ3) is 1.38. The number of hydrogen-bond donors (Lipinski definition) is 1. The summed E-state index contributed by atoms with van der Waals surface area (Å²) < 4.78 is 5.03. The zero-order valence-electron chi connectivity index (χ0n) is 8.14. The third-order valence-corrected chi connectivity index (χ3v) is 2.64. The molecular weight excluding hydrogens is 196 g/mol. The van der Waals surface area contributed by atoms with E-state index in [1.165, 1.54) is 31.4 Å². The average Bonchev–Trinajstić information content (AvgIpc) is 2.23. The summed E-state index contributed by atoms with van der Waals surface area (Å²) in [4.78, 5) is 23.1. The van der Waals surface area contributed by atoms with Crippen LogP contribution in [0.5, 0.6) is 0 Å². The number of carbonyl (C=O) groups excluding carboxylic acids is 2. The Balaban J connectivity index is 2.49. The summed E-state index contributed by atoms with van der Waals surface area (Å²) in [6, 6.07) is 0. The zero-order chi connectivity index (χ0) is 11.0. The van der Waals surface area contributed by atoms with E-state index in [4.69, 9.17) is 4.74 Å². The highest BCUT2D eigenvalue weighted by Gasteiger charge is 2.42. The van der Waals surface area contributed by atoms with Gasteiger partial charge in [-0.05, 0) is 24.3 Å². The molecule has 0 fully saturated rings. The van der Waals surface area contributed by atoms with Crippen molar-refractivity contribution in [2.24, 2.45) is 11.8 Å². The minimum atomic E-state index is -0.803. The Labute approximate surface area is 86.5 Å². The number of carbonyl (C=O) groups is 2. The van der Waals surface area contributed by atoms with Crippen molar-refractivity contribution in [1.82, 2.24) is 0 Å². The molecule has 0 bridgehead atoms. The molecule has 4 heteroatoms. The van der Waals surface area contributed by atoms with Crippen molar-refractivity contribution in [2.45, 2.75) is 0 Å². The van der Waals surface area contributed by atoms with Gasteiger partial charge in [-0.25, -0.2) is 0 Å². The predicted octanol–water partition coefficient (Wildman–Crippen LogP) is 0.913. The smallest absolute Gasteiger partial charge is 0.167 e. The van der Waals surface area contributed by atoms with Crippen LogP contribution < -0.4 is 0 Å². The van der Waals surface area contributed by atoms with Crippen LogP contribution in [-0.4, -0.2) is 23.8 Å². The SMILES string of the molecule is COC1=CC=C(O)C2C(=O)C=CC(=O)C12. The minimum absolute atomic E-state index is 0.0801. The van der Waals surface area contributed by atoms with Gasteiger partial charge in [0.2, 0.25) is 0 Å². The Hall–Kier alpha value is -1.84. The molecule has 2 aliphatic rings. The Morgan fingerprint density at radius 1 is 1.13 bits per heavy atom. The molecule has 0 aromatic rings. The van der Waals surface area contributed by atoms with Gasteiger partial charge in [0.15, 0.2) is 11.6 Å². The highest BCUT2D eigenvalue weighted by atomic mass is 16.5. The van der Waals surface area contributed by atoms with Gasteiger partial charge >= 0.3 is 0 Å². The van der Waals surface area contributed by atoms with Gasteiger partial charge < -0.3 is 9.84 Å². The van der Waals surface area contributed by atoms with Crippen LogP contribution in [0, 0.1) is 11.8 Å². The molecule has 2 rings (SSSR count). The van der Waals surface area contributed by atoms with Crippen LogP contribution in [0.3, 0.4) is 0 Å². The lowest BCUT2D eigenvalue weighted by Gasteiger charge is -2.29. The van der Waals surface area contributed by atoms with Gasteiger partial charge in [0.1, 0.15) is 11.5 Å². The molecule has 1 N–H and O–H groups in total. The lowest BCUT2D eigenvalue weighted by molar-refractivity contribution is -0.128. The summed E-state index contributed by atoms with van der Waals surface area (Å²) in [6.07, 6.45) is 5.34. The van der Waals surface area contributed by atoms with E-state index in [1.807, 2.05) is 0 Å². The third-order valence-electron chi connectivity index (χ3n) is 2.64. The number of methoxy groups -OCH3 is 1. The van der Waals surface area contributed by atoms with Crippen LogP contribution in [-0.2, 0) is 14.3 Å². The number of ketones is 2. The van der Waals surface area contributed by atoms with Crippen LogP contribution in [0.4, 0.5) is 0 Å². The molecule has 15 heavy (non-hydrogen) atoms.